The molecule has 0 bridgehead atoms. The van der Waals surface area contributed by atoms with Crippen LogP contribution in [0.4, 0.5) is 0 Å². The van der Waals surface area contributed by atoms with Crippen molar-refractivity contribution in [3.05, 3.63) is 12.2 Å². The summed E-state index contributed by atoms with van der Waals surface area (Å²) >= 11 is 0. The normalized spacial score (nSPS) is 12.0. The molecular weight excluding hydrogens is 913 g/mol. The predicted octanol–water partition coefficient (Wildman–Crippen LogP) is 22.8. The van der Waals surface area contributed by atoms with Crippen molar-refractivity contribution in [1.82, 2.24) is 0 Å². The van der Waals surface area contributed by atoms with Gasteiger partial charge in [0, 0.05) is 19.3 Å². The minimum Gasteiger partial charge on any atom is -0.462 e. The second-order valence-corrected chi connectivity index (χ2v) is 23.1. The first-order valence-electron chi connectivity index (χ1n) is 33.7. The van der Waals surface area contributed by atoms with Gasteiger partial charge in [-0.2, -0.15) is 0 Å². The van der Waals surface area contributed by atoms with Crippen LogP contribution in [0.2, 0.25) is 0 Å². The second-order valence-electron chi connectivity index (χ2n) is 23.1. The zero-order chi connectivity index (χ0) is 53.6. The van der Waals surface area contributed by atoms with Crippen molar-refractivity contribution in [1.29, 1.82) is 0 Å². The molecule has 1 unspecified atom stereocenters. The first-order valence-corrected chi connectivity index (χ1v) is 33.7. The van der Waals surface area contributed by atoms with Gasteiger partial charge in [-0.25, -0.2) is 0 Å². The summed E-state index contributed by atoms with van der Waals surface area (Å²) in [6, 6.07) is 0. The van der Waals surface area contributed by atoms with Gasteiger partial charge in [0.15, 0.2) is 6.10 Å². The van der Waals surface area contributed by atoms with Gasteiger partial charge in [0.1, 0.15) is 13.2 Å². The van der Waals surface area contributed by atoms with E-state index in [9.17, 15) is 14.4 Å². The van der Waals surface area contributed by atoms with E-state index in [1.165, 1.54) is 289 Å². The minimum atomic E-state index is -0.761. The van der Waals surface area contributed by atoms with Crippen molar-refractivity contribution >= 4 is 17.9 Å². The first kappa shape index (κ1) is 72.2. The van der Waals surface area contributed by atoms with E-state index in [0.29, 0.717) is 19.3 Å². The van der Waals surface area contributed by atoms with Crippen LogP contribution in [0.5, 0.6) is 0 Å². The smallest absolute Gasteiger partial charge is 0.306 e. The Labute approximate surface area is 462 Å². The third kappa shape index (κ3) is 61.0. The molecule has 6 heteroatoms. The highest BCUT2D eigenvalue weighted by Crippen LogP contribution is 2.18. The van der Waals surface area contributed by atoms with Crippen LogP contribution in [-0.2, 0) is 28.6 Å². The lowest BCUT2D eigenvalue weighted by atomic mass is 10.0. The zero-order valence-corrected chi connectivity index (χ0v) is 50.4. The Kier molecular flexibility index (Phi) is 62.1. The number of esters is 3. The number of hydrogen-bond acceptors (Lipinski definition) is 6. The van der Waals surface area contributed by atoms with Gasteiger partial charge in [-0.05, 0) is 44.9 Å². The number of unbranched alkanes of at least 4 members (excludes halogenated alkanes) is 50. The predicted molar refractivity (Wildman–Crippen MR) is 321 cm³/mol. The number of allylic oxidation sites excluding steroid dienone is 2. The van der Waals surface area contributed by atoms with Gasteiger partial charge in [0.25, 0.3) is 0 Å². The van der Waals surface area contributed by atoms with Crippen molar-refractivity contribution in [3.8, 4) is 0 Å². The van der Waals surface area contributed by atoms with E-state index in [-0.39, 0.29) is 31.1 Å². The van der Waals surface area contributed by atoms with Crippen LogP contribution >= 0.6 is 0 Å². The number of ether oxygens (including phenoxy) is 3. The summed E-state index contributed by atoms with van der Waals surface area (Å²) in [7, 11) is 0. The molecule has 0 aliphatic rings. The summed E-state index contributed by atoms with van der Waals surface area (Å²) in [5.41, 5.74) is 0. The molecule has 0 radical (unpaired) electrons. The molecule has 0 spiro atoms. The van der Waals surface area contributed by atoms with E-state index < -0.39 is 6.10 Å². The molecule has 6 nitrogen and oxygen atoms in total. The van der Waals surface area contributed by atoms with Crippen LogP contribution in [0.15, 0.2) is 12.2 Å². The van der Waals surface area contributed by atoms with Crippen molar-refractivity contribution < 1.29 is 28.6 Å². The molecule has 0 aromatic carbocycles. The Balaban J connectivity index is 3.90. The Hall–Kier alpha value is -1.85. The third-order valence-corrected chi connectivity index (χ3v) is 15.5. The maximum absolute atomic E-state index is 12.8. The lowest BCUT2D eigenvalue weighted by Gasteiger charge is -2.18. The monoisotopic (exact) mass is 1040 g/mol. The Bertz CT molecular complexity index is 1150. The van der Waals surface area contributed by atoms with Crippen LogP contribution < -0.4 is 0 Å². The van der Waals surface area contributed by atoms with Gasteiger partial charge in [0.2, 0.25) is 0 Å². The summed E-state index contributed by atoms with van der Waals surface area (Å²) < 4.78 is 16.9. The third-order valence-electron chi connectivity index (χ3n) is 15.5. The molecule has 438 valence electrons. The van der Waals surface area contributed by atoms with Crippen LogP contribution in [0.1, 0.15) is 387 Å². The van der Waals surface area contributed by atoms with E-state index in [0.717, 1.165) is 57.8 Å². The first-order chi connectivity index (χ1) is 36.5. The number of hydrogen-bond donors (Lipinski definition) is 0. The van der Waals surface area contributed by atoms with E-state index in [1.54, 1.807) is 0 Å². The van der Waals surface area contributed by atoms with Gasteiger partial charge < -0.3 is 14.2 Å². The van der Waals surface area contributed by atoms with Crippen molar-refractivity contribution in [2.45, 2.75) is 393 Å². The van der Waals surface area contributed by atoms with Crippen molar-refractivity contribution in [3.63, 3.8) is 0 Å². The van der Waals surface area contributed by atoms with Gasteiger partial charge in [-0.1, -0.05) is 335 Å². The highest BCUT2D eigenvalue weighted by molar-refractivity contribution is 5.71. The molecule has 0 aliphatic carbocycles. The summed E-state index contributed by atoms with van der Waals surface area (Å²) in [6.45, 7) is 6.68. The fourth-order valence-corrected chi connectivity index (χ4v) is 10.4. The van der Waals surface area contributed by atoms with Crippen LogP contribution in [-0.4, -0.2) is 37.2 Å². The highest BCUT2D eigenvalue weighted by Gasteiger charge is 2.19. The molecule has 0 saturated carbocycles. The topological polar surface area (TPSA) is 78.9 Å². The molecule has 0 saturated heterocycles. The largest absolute Gasteiger partial charge is 0.462 e. The van der Waals surface area contributed by atoms with Gasteiger partial charge in [-0.3, -0.25) is 14.4 Å². The van der Waals surface area contributed by atoms with Crippen LogP contribution in [0.3, 0.4) is 0 Å². The van der Waals surface area contributed by atoms with Gasteiger partial charge in [-0.15, -0.1) is 0 Å². The molecule has 0 aliphatic heterocycles. The maximum Gasteiger partial charge on any atom is 0.306 e. The fourth-order valence-electron chi connectivity index (χ4n) is 10.4. The molecule has 0 rings (SSSR count). The van der Waals surface area contributed by atoms with Crippen LogP contribution in [0, 0.1) is 0 Å². The molecule has 74 heavy (non-hydrogen) atoms. The standard InChI is InChI=1S/C68H130O6/c1-4-7-10-13-16-19-22-23-24-25-26-27-28-29-30-31-32-33-34-35-36-37-38-39-40-41-42-43-44-45-47-49-52-55-58-61-67(70)73-64-65(63-72-66(69)60-57-54-51-48-21-18-15-12-9-6-3)74-68(71)62-59-56-53-50-46-20-17-14-11-8-5-2/h25-26,65H,4-24,27-64H2,1-3H3/b26-25-. The van der Waals surface area contributed by atoms with E-state index in [4.69, 9.17) is 14.2 Å². The Morgan fingerprint density at radius 2 is 0.446 bits per heavy atom. The molecule has 0 amide bonds. The minimum absolute atomic E-state index is 0.0626. The number of carbonyl (C=O) groups excluding carboxylic acids is 3. The SMILES string of the molecule is CCCCCCCCCC/C=C\CCCCCCCCCCCCCCCCCCCCCCCCCC(=O)OCC(COC(=O)CCCCCCCCCCCC)OC(=O)CCCCCCCCCCCCC. The summed E-state index contributed by atoms with van der Waals surface area (Å²) in [6.07, 6.45) is 75.6. The van der Waals surface area contributed by atoms with Gasteiger partial charge >= 0.3 is 17.9 Å². The average Bonchev–Trinajstić information content (AvgIpc) is 3.40. The van der Waals surface area contributed by atoms with E-state index >= 15 is 0 Å². The quantitative estimate of drug-likeness (QED) is 0.0261. The molecule has 0 N–H and O–H groups in total. The molecule has 0 fully saturated rings. The number of rotatable bonds is 63. The summed E-state index contributed by atoms with van der Waals surface area (Å²) in [4.78, 5) is 38.1. The van der Waals surface area contributed by atoms with E-state index in [2.05, 4.69) is 32.9 Å². The Morgan fingerprint density at radius 3 is 0.676 bits per heavy atom. The number of carbonyl (C=O) groups is 3. The molecule has 1 atom stereocenters. The molecule has 0 aromatic rings. The molecule has 0 aromatic heterocycles. The van der Waals surface area contributed by atoms with Gasteiger partial charge in [0.05, 0.1) is 0 Å². The zero-order valence-electron chi connectivity index (χ0n) is 50.4. The van der Waals surface area contributed by atoms with Crippen molar-refractivity contribution in [2.75, 3.05) is 13.2 Å². The lowest BCUT2D eigenvalue weighted by Crippen LogP contribution is -2.30. The molecular formula is C68H130O6. The Morgan fingerprint density at radius 1 is 0.257 bits per heavy atom. The average molecular weight is 1040 g/mol. The fraction of sp³-hybridized carbons (Fsp3) is 0.926. The van der Waals surface area contributed by atoms with Crippen LogP contribution in [0.25, 0.3) is 0 Å². The van der Waals surface area contributed by atoms with E-state index in [1.807, 2.05) is 0 Å². The summed E-state index contributed by atoms with van der Waals surface area (Å²) in [5.74, 6) is -0.839. The second kappa shape index (κ2) is 63.7. The maximum atomic E-state index is 12.8. The highest BCUT2D eigenvalue weighted by atomic mass is 16.6. The lowest BCUT2D eigenvalue weighted by molar-refractivity contribution is -0.167. The van der Waals surface area contributed by atoms with Crippen molar-refractivity contribution in [2.24, 2.45) is 0 Å². The summed E-state index contributed by atoms with van der Waals surface area (Å²) in [5, 5.41) is 0. The molecule has 0 heterocycles.